The second-order valence-corrected chi connectivity index (χ2v) is 4.09. The van der Waals surface area contributed by atoms with E-state index in [1.165, 1.54) is 0 Å². The van der Waals surface area contributed by atoms with Gasteiger partial charge in [0, 0.05) is 6.42 Å². The van der Waals surface area contributed by atoms with Crippen molar-refractivity contribution in [3.63, 3.8) is 0 Å². The van der Waals surface area contributed by atoms with Crippen LogP contribution in [0.5, 0.6) is 0 Å². The Bertz CT molecular complexity index is 200. The summed E-state index contributed by atoms with van der Waals surface area (Å²) in [6.07, 6.45) is 6.29. The molecule has 1 heterocycles. The van der Waals surface area contributed by atoms with Crippen LogP contribution in [0.3, 0.4) is 0 Å². The first-order valence-corrected chi connectivity index (χ1v) is 4.94. The summed E-state index contributed by atoms with van der Waals surface area (Å²) in [5.41, 5.74) is -0.336. The lowest BCUT2D eigenvalue weighted by atomic mass is 9.89. The van der Waals surface area contributed by atoms with Crippen molar-refractivity contribution in [1.29, 1.82) is 0 Å². The van der Waals surface area contributed by atoms with Crippen LogP contribution >= 0.6 is 0 Å². The molecule has 12 heavy (non-hydrogen) atoms. The third-order valence-corrected chi connectivity index (χ3v) is 3.11. The van der Waals surface area contributed by atoms with Gasteiger partial charge in [0.15, 0.2) is 5.78 Å². The Labute approximate surface area is 73.3 Å². The summed E-state index contributed by atoms with van der Waals surface area (Å²) in [7, 11) is 0. The van der Waals surface area contributed by atoms with Gasteiger partial charge in [0.1, 0.15) is 5.60 Å². The quantitative estimate of drug-likeness (QED) is 0.553. The lowest BCUT2D eigenvalue weighted by Gasteiger charge is -2.35. The summed E-state index contributed by atoms with van der Waals surface area (Å²) < 4.78 is 5.80. The molecule has 68 valence electrons. The number of ketones is 1. The van der Waals surface area contributed by atoms with Crippen LogP contribution in [0.2, 0.25) is 0 Å². The normalized spacial score (nSPS) is 42.4. The summed E-state index contributed by atoms with van der Waals surface area (Å²) in [4.78, 5) is 11.6. The van der Waals surface area contributed by atoms with Crippen molar-refractivity contribution in [1.82, 2.24) is 0 Å². The van der Waals surface area contributed by atoms with E-state index < -0.39 is 0 Å². The summed E-state index contributed by atoms with van der Waals surface area (Å²) in [6.45, 7) is 2.08. The molecule has 1 saturated carbocycles. The monoisotopic (exact) mass is 168 g/mol. The summed E-state index contributed by atoms with van der Waals surface area (Å²) in [5, 5.41) is 0. The van der Waals surface area contributed by atoms with Crippen LogP contribution in [0.4, 0.5) is 0 Å². The number of rotatable bonds is 0. The van der Waals surface area contributed by atoms with Crippen LogP contribution in [-0.2, 0) is 9.53 Å². The SMILES string of the molecule is C[C@H]1CCC[C@]2(CCCC2=O)O1. The second kappa shape index (κ2) is 2.84. The molecule has 1 aliphatic heterocycles. The first-order valence-electron chi connectivity index (χ1n) is 4.94. The van der Waals surface area contributed by atoms with E-state index >= 15 is 0 Å². The number of hydrogen-bond donors (Lipinski definition) is 0. The Kier molecular flexibility index (Phi) is 1.95. The number of hydrogen-bond acceptors (Lipinski definition) is 2. The van der Waals surface area contributed by atoms with Crippen molar-refractivity contribution in [2.45, 2.75) is 57.2 Å². The zero-order chi connectivity index (χ0) is 8.60. The molecule has 0 aromatic heterocycles. The molecule has 0 amide bonds. The number of carbonyl (C=O) groups is 1. The molecule has 2 fully saturated rings. The van der Waals surface area contributed by atoms with Crippen molar-refractivity contribution in [3.05, 3.63) is 0 Å². The Balaban J connectivity index is 2.13. The maximum atomic E-state index is 11.6. The summed E-state index contributed by atoms with van der Waals surface area (Å²) in [5.74, 6) is 0.356. The summed E-state index contributed by atoms with van der Waals surface area (Å²) in [6, 6.07) is 0. The summed E-state index contributed by atoms with van der Waals surface area (Å²) >= 11 is 0. The molecule has 0 aromatic rings. The molecule has 2 rings (SSSR count). The van der Waals surface area contributed by atoms with E-state index in [0.29, 0.717) is 11.9 Å². The second-order valence-electron chi connectivity index (χ2n) is 4.09. The van der Waals surface area contributed by atoms with Gasteiger partial charge in [0.25, 0.3) is 0 Å². The fourth-order valence-electron chi connectivity index (χ4n) is 2.47. The van der Waals surface area contributed by atoms with E-state index in [1.807, 2.05) is 0 Å². The van der Waals surface area contributed by atoms with Gasteiger partial charge in [-0.1, -0.05) is 0 Å². The van der Waals surface area contributed by atoms with Crippen molar-refractivity contribution in [2.24, 2.45) is 0 Å². The zero-order valence-electron chi connectivity index (χ0n) is 7.64. The van der Waals surface area contributed by atoms with E-state index in [0.717, 1.165) is 38.5 Å². The molecule has 1 spiro atoms. The van der Waals surface area contributed by atoms with E-state index in [9.17, 15) is 4.79 Å². The maximum absolute atomic E-state index is 11.6. The molecule has 2 atom stereocenters. The highest BCUT2D eigenvalue weighted by atomic mass is 16.5. The average molecular weight is 168 g/mol. The number of Topliss-reactive ketones (excluding diaryl/α,β-unsaturated/α-hetero) is 1. The standard InChI is InChI=1S/C10H16O2/c1-8-4-2-6-10(12-8)7-3-5-9(10)11/h8H,2-7H2,1H3/t8-,10+/m0/s1. The molecule has 0 bridgehead atoms. The van der Waals surface area contributed by atoms with Crippen LogP contribution in [0.25, 0.3) is 0 Å². The number of ether oxygens (including phenoxy) is 1. The minimum Gasteiger partial charge on any atom is -0.364 e. The zero-order valence-corrected chi connectivity index (χ0v) is 7.64. The van der Waals surface area contributed by atoms with Gasteiger partial charge in [-0.25, -0.2) is 0 Å². The first kappa shape index (κ1) is 8.24. The molecule has 1 saturated heterocycles. The lowest BCUT2D eigenvalue weighted by molar-refractivity contribution is -0.156. The minimum atomic E-state index is -0.336. The third kappa shape index (κ3) is 1.18. The van der Waals surface area contributed by atoms with Crippen LogP contribution < -0.4 is 0 Å². The van der Waals surface area contributed by atoms with Crippen LogP contribution in [0.15, 0.2) is 0 Å². The molecule has 1 aliphatic carbocycles. The predicted octanol–water partition coefficient (Wildman–Crippen LogP) is 2.07. The van der Waals surface area contributed by atoms with Gasteiger partial charge in [-0.3, -0.25) is 4.79 Å². The molecule has 2 aliphatic rings. The highest BCUT2D eigenvalue weighted by Gasteiger charge is 2.45. The fraction of sp³-hybridized carbons (Fsp3) is 0.900. The topological polar surface area (TPSA) is 26.3 Å². The predicted molar refractivity (Wildman–Crippen MR) is 46.0 cm³/mol. The van der Waals surface area contributed by atoms with Crippen LogP contribution in [0, 0.1) is 0 Å². The molecular formula is C10H16O2. The maximum Gasteiger partial charge on any atom is 0.164 e. The minimum absolute atomic E-state index is 0.292. The van der Waals surface area contributed by atoms with E-state index in [4.69, 9.17) is 4.74 Å². The molecule has 0 N–H and O–H groups in total. The molecule has 0 radical (unpaired) electrons. The van der Waals surface area contributed by atoms with E-state index in [2.05, 4.69) is 6.92 Å². The Morgan fingerprint density at radius 1 is 1.42 bits per heavy atom. The van der Waals surface area contributed by atoms with Gasteiger partial charge in [-0.2, -0.15) is 0 Å². The largest absolute Gasteiger partial charge is 0.364 e. The van der Waals surface area contributed by atoms with Gasteiger partial charge >= 0.3 is 0 Å². The van der Waals surface area contributed by atoms with Gasteiger partial charge in [0.05, 0.1) is 6.10 Å². The number of carbonyl (C=O) groups excluding carboxylic acids is 1. The molecule has 0 unspecified atom stereocenters. The van der Waals surface area contributed by atoms with E-state index in [-0.39, 0.29) is 5.60 Å². The van der Waals surface area contributed by atoms with Crippen molar-refractivity contribution in [3.8, 4) is 0 Å². The van der Waals surface area contributed by atoms with Gasteiger partial charge in [0.2, 0.25) is 0 Å². The molecule has 2 heteroatoms. The van der Waals surface area contributed by atoms with Gasteiger partial charge < -0.3 is 4.74 Å². The average Bonchev–Trinajstić information content (AvgIpc) is 2.33. The Hall–Kier alpha value is -0.370. The van der Waals surface area contributed by atoms with Crippen molar-refractivity contribution < 1.29 is 9.53 Å². The fourth-order valence-corrected chi connectivity index (χ4v) is 2.47. The molecule has 0 aromatic carbocycles. The highest BCUT2D eigenvalue weighted by molar-refractivity contribution is 5.89. The smallest absolute Gasteiger partial charge is 0.164 e. The van der Waals surface area contributed by atoms with Crippen molar-refractivity contribution >= 4 is 5.78 Å². The molecule has 2 nitrogen and oxygen atoms in total. The Morgan fingerprint density at radius 3 is 2.75 bits per heavy atom. The third-order valence-electron chi connectivity index (χ3n) is 3.11. The van der Waals surface area contributed by atoms with Crippen molar-refractivity contribution in [2.75, 3.05) is 0 Å². The lowest BCUT2D eigenvalue weighted by Crippen LogP contribution is -2.43. The highest BCUT2D eigenvalue weighted by Crippen LogP contribution is 2.39. The molecular weight excluding hydrogens is 152 g/mol. The Morgan fingerprint density at radius 2 is 2.17 bits per heavy atom. The van der Waals surface area contributed by atoms with Crippen LogP contribution in [0.1, 0.15) is 45.4 Å². The van der Waals surface area contributed by atoms with Gasteiger partial charge in [-0.05, 0) is 39.0 Å². The first-order chi connectivity index (χ1) is 5.73. The van der Waals surface area contributed by atoms with Crippen LogP contribution in [-0.4, -0.2) is 17.5 Å². The van der Waals surface area contributed by atoms with E-state index in [1.54, 1.807) is 0 Å². The van der Waals surface area contributed by atoms with Gasteiger partial charge in [-0.15, -0.1) is 0 Å².